The Balaban J connectivity index is 1.40. The van der Waals surface area contributed by atoms with Crippen LogP contribution in [0.4, 0.5) is 10.2 Å². The average Bonchev–Trinajstić information content (AvgIpc) is 3.35. The van der Waals surface area contributed by atoms with Crippen LogP contribution in [-0.4, -0.2) is 75.4 Å². The number of carbonyl (C=O) groups is 1. The molecule has 10 heteroatoms. The summed E-state index contributed by atoms with van der Waals surface area (Å²) < 4.78 is 20.8. The van der Waals surface area contributed by atoms with Crippen LogP contribution >= 0.6 is 11.6 Å². The zero-order valence-electron chi connectivity index (χ0n) is 15.6. The average molecular weight is 422 g/mol. The molecule has 29 heavy (non-hydrogen) atoms. The zero-order chi connectivity index (χ0) is 20.2. The molecule has 2 bridgehead atoms. The van der Waals surface area contributed by atoms with Crippen molar-refractivity contribution in [1.29, 1.82) is 0 Å². The largest absolute Gasteiger partial charge is 0.396 e. The van der Waals surface area contributed by atoms with Crippen molar-refractivity contribution < 1.29 is 19.0 Å². The third-order valence-corrected chi connectivity index (χ3v) is 6.55. The van der Waals surface area contributed by atoms with Crippen LogP contribution in [0, 0.1) is 17.7 Å². The quantitative estimate of drug-likeness (QED) is 0.760. The fraction of sp³-hybridized carbons (Fsp3) is 0.526. The van der Waals surface area contributed by atoms with E-state index in [4.69, 9.17) is 16.3 Å². The monoisotopic (exact) mass is 421 g/mol. The Labute approximate surface area is 171 Å². The van der Waals surface area contributed by atoms with Gasteiger partial charge in [0.2, 0.25) is 5.91 Å². The van der Waals surface area contributed by atoms with E-state index in [1.807, 2.05) is 4.90 Å². The number of amides is 1. The van der Waals surface area contributed by atoms with E-state index in [1.54, 1.807) is 17.4 Å². The van der Waals surface area contributed by atoms with E-state index in [0.717, 1.165) is 5.69 Å². The number of hydrogen-bond acceptors (Lipinski definition) is 6. The first kappa shape index (κ1) is 18.8. The van der Waals surface area contributed by atoms with Gasteiger partial charge in [-0.2, -0.15) is 0 Å². The number of rotatable bonds is 4. The van der Waals surface area contributed by atoms with Crippen molar-refractivity contribution in [2.45, 2.75) is 18.1 Å². The highest BCUT2D eigenvalue weighted by Crippen LogP contribution is 2.50. The number of halogens is 2. The van der Waals surface area contributed by atoms with Gasteiger partial charge in [-0.1, -0.05) is 11.6 Å². The van der Waals surface area contributed by atoms with Gasteiger partial charge >= 0.3 is 0 Å². The van der Waals surface area contributed by atoms with Crippen molar-refractivity contribution in [1.82, 2.24) is 19.9 Å². The molecule has 3 aliphatic heterocycles. The molecular formula is C19H21ClFN5O3. The van der Waals surface area contributed by atoms with Gasteiger partial charge in [0.05, 0.1) is 37.0 Å². The van der Waals surface area contributed by atoms with E-state index >= 15 is 0 Å². The molecule has 0 radical (unpaired) electrons. The molecule has 5 heterocycles. The molecule has 8 nitrogen and oxygen atoms in total. The zero-order valence-corrected chi connectivity index (χ0v) is 16.3. The number of likely N-dealkylation sites (tertiary alicyclic amines) is 1. The number of pyridine rings is 1. The number of nitrogens with zero attached hydrogens (tertiary/aromatic N) is 4. The van der Waals surface area contributed by atoms with E-state index in [1.165, 1.54) is 12.3 Å². The predicted octanol–water partition coefficient (Wildman–Crippen LogP) is 0.864. The van der Waals surface area contributed by atoms with Gasteiger partial charge in [-0.3, -0.25) is 4.79 Å². The van der Waals surface area contributed by atoms with Gasteiger partial charge in [-0.05, 0) is 6.07 Å². The summed E-state index contributed by atoms with van der Waals surface area (Å²) in [6, 6.07) is 1.24. The molecule has 3 fully saturated rings. The number of anilines is 1. The molecule has 0 aromatic carbocycles. The third kappa shape index (κ3) is 3.08. The molecule has 0 aliphatic carbocycles. The first-order valence-electron chi connectivity index (χ1n) is 9.59. The summed E-state index contributed by atoms with van der Waals surface area (Å²) in [5.41, 5.74) is 0.107. The highest BCUT2D eigenvalue weighted by molar-refractivity contribution is 6.30. The lowest BCUT2D eigenvalue weighted by molar-refractivity contribution is -0.151. The Morgan fingerprint density at radius 2 is 2.28 bits per heavy atom. The minimum atomic E-state index is -0.645. The lowest BCUT2D eigenvalue weighted by Gasteiger charge is -2.40. The van der Waals surface area contributed by atoms with E-state index in [-0.39, 0.29) is 47.7 Å². The number of aliphatic hydroxyl groups is 1. The number of ether oxygens (including phenoxy) is 1. The first-order chi connectivity index (χ1) is 14.0. The smallest absolute Gasteiger partial charge is 0.228 e. The Morgan fingerprint density at radius 3 is 3.00 bits per heavy atom. The number of H-pyrrole nitrogens is 1. The first-order valence-corrected chi connectivity index (χ1v) is 9.96. The van der Waals surface area contributed by atoms with E-state index < -0.39 is 11.4 Å². The minimum absolute atomic E-state index is 0.0145. The molecular weight excluding hydrogens is 401 g/mol. The lowest BCUT2D eigenvalue weighted by Crippen LogP contribution is -2.56. The van der Waals surface area contributed by atoms with Crippen LogP contribution in [0.15, 0.2) is 24.8 Å². The van der Waals surface area contributed by atoms with Gasteiger partial charge in [-0.15, -0.1) is 0 Å². The number of aromatic amines is 1. The summed E-state index contributed by atoms with van der Waals surface area (Å²) in [7, 11) is 0. The van der Waals surface area contributed by atoms with Crippen molar-refractivity contribution in [3.8, 4) is 0 Å². The van der Waals surface area contributed by atoms with Gasteiger partial charge in [0.1, 0.15) is 5.60 Å². The normalized spacial score (nSPS) is 30.7. The summed E-state index contributed by atoms with van der Waals surface area (Å²) >= 11 is 5.83. The number of fused-ring (bicyclic) bond motifs is 1. The van der Waals surface area contributed by atoms with Crippen LogP contribution in [0.5, 0.6) is 0 Å². The Hall–Kier alpha value is -2.23. The number of aliphatic hydroxyl groups excluding tert-OH is 1. The van der Waals surface area contributed by atoms with Crippen LogP contribution in [0.3, 0.4) is 0 Å². The maximum Gasteiger partial charge on any atom is 0.228 e. The van der Waals surface area contributed by atoms with Crippen LogP contribution in [0.2, 0.25) is 5.02 Å². The van der Waals surface area contributed by atoms with Crippen molar-refractivity contribution in [3.05, 3.63) is 41.3 Å². The molecule has 3 aliphatic rings. The molecule has 5 rings (SSSR count). The highest BCUT2D eigenvalue weighted by atomic mass is 35.5. The highest BCUT2D eigenvalue weighted by Gasteiger charge is 2.63. The maximum absolute atomic E-state index is 14.4. The summed E-state index contributed by atoms with van der Waals surface area (Å²) in [6.07, 6.45) is 4.60. The summed E-state index contributed by atoms with van der Waals surface area (Å²) in [5, 5.41) is 10.3. The minimum Gasteiger partial charge on any atom is -0.396 e. The van der Waals surface area contributed by atoms with Crippen molar-refractivity contribution in [2.24, 2.45) is 11.8 Å². The van der Waals surface area contributed by atoms with Crippen molar-refractivity contribution in [2.75, 3.05) is 37.7 Å². The van der Waals surface area contributed by atoms with Crippen molar-refractivity contribution in [3.63, 3.8) is 0 Å². The number of aromatic nitrogens is 3. The number of nitrogens with one attached hydrogen (secondary N) is 1. The maximum atomic E-state index is 14.4. The Bertz CT molecular complexity index is 929. The summed E-state index contributed by atoms with van der Waals surface area (Å²) in [6.45, 7) is 1.73. The number of imidazole rings is 1. The molecule has 4 atom stereocenters. The molecule has 2 aromatic rings. The molecule has 0 saturated carbocycles. The topological polar surface area (TPSA) is 94.6 Å². The molecule has 1 amide bonds. The number of morpholine rings is 1. The van der Waals surface area contributed by atoms with E-state index in [9.17, 15) is 14.3 Å². The molecule has 1 spiro atoms. The van der Waals surface area contributed by atoms with Gasteiger partial charge in [-0.25, -0.2) is 14.4 Å². The lowest BCUT2D eigenvalue weighted by atomic mass is 9.83. The summed E-state index contributed by atoms with van der Waals surface area (Å²) in [4.78, 5) is 27.6. The van der Waals surface area contributed by atoms with Gasteiger partial charge in [0, 0.05) is 49.6 Å². The van der Waals surface area contributed by atoms with Gasteiger partial charge < -0.3 is 24.6 Å². The van der Waals surface area contributed by atoms with E-state index in [2.05, 4.69) is 15.0 Å². The third-order valence-electron chi connectivity index (χ3n) is 6.34. The fourth-order valence-electron chi connectivity index (χ4n) is 5.08. The molecule has 154 valence electrons. The van der Waals surface area contributed by atoms with Gasteiger partial charge in [0.15, 0.2) is 11.6 Å². The molecule has 0 unspecified atom stereocenters. The van der Waals surface area contributed by atoms with Crippen LogP contribution < -0.4 is 4.90 Å². The SMILES string of the molecule is O=C(Cc1cnc[nH]1)N1C[C@H]2O[C@]3(C1)CN(c1ncc(Cl)cc1F)C[C@@H]3[C@@H]2CO. The second-order valence-electron chi connectivity index (χ2n) is 8.04. The van der Waals surface area contributed by atoms with Crippen LogP contribution in [0.25, 0.3) is 0 Å². The number of hydrogen-bond donors (Lipinski definition) is 2. The van der Waals surface area contributed by atoms with Gasteiger partial charge in [0.25, 0.3) is 0 Å². The second-order valence-corrected chi connectivity index (χ2v) is 8.48. The predicted molar refractivity (Wildman–Crippen MR) is 102 cm³/mol. The standard InChI is InChI=1S/C19H21ClFN5O3/c20-11-1-15(21)18(23-3-11)26-5-14-13(7-27)16-6-25(8-19(14,9-26)29-16)17(28)2-12-4-22-10-24-12/h1,3-4,10,13-14,16,27H,2,5-9H2,(H,22,24)/t13-,14+,16+,19+/m0/s1. The van der Waals surface area contributed by atoms with E-state index in [0.29, 0.717) is 26.2 Å². The van der Waals surface area contributed by atoms with Crippen LogP contribution in [-0.2, 0) is 16.0 Å². The van der Waals surface area contributed by atoms with Crippen LogP contribution in [0.1, 0.15) is 5.69 Å². The summed E-state index contributed by atoms with van der Waals surface area (Å²) in [5.74, 6) is -0.418. The number of carbonyl (C=O) groups excluding carboxylic acids is 1. The molecule has 2 aromatic heterocycles. The Kier molecular flexibility index (Phi) is 4.49. The fourth-order valence-corrected chi connectivity index (χ4v) is 5.23. The second kappa shape index (κ2) is 6.93. The Morgan fingerprint density at radius 1 is 1.41 bits per heavy atom. The van der Waals surface area contributed by atoms with Crippen molar-refractivity contribution >= 4 is 23.3 Å². The molecule has 3 saturated heterocycles. The molecule has 2 N–H and O–H groups in total.